The number of hydrogen-bond donors (Lipinski definition) is 1. The van der Waals surface area contributed by atoms with Crippen LogP contribution in [0.25, 0.3) is 0 Å². The molecule has 13 heavy (non-hydrogen) atoms. The smallest absolute Gasteiger partial charge is 0.162 e. The van der Waals surface area contributed by atoms with Crippen LogP contribution < -0.4 is 0 Å². The first-order chi connectivity index (χ1) is 5.83. The molecule has 1 atom stereocenters. The molecule has 1 aliphatic carbocycles. The Kier molecular flexibility index (Phi) is 2.62. The van der Waals surface area contributed by atoms with Crippen molar-refractivity contribution in [2.24, 2.45) is 11.3 Å². The Morgan fingerprint density at radius 1 is 1.46 bits per heavy atom. The zero-order valence-electron chi connectivity index (χ0n) is 8.79. The van der Waals surface area contributed by atoms with Crippen molar-refractivity contribution in [3.63, 3.8) is 0 Å². The third-order valence-corrected chi connectivity index (χ3v) is 2.43. The minimum absolute atomic E-state index is 0.0672. The van der Waals surface area contributed by atoms with Crippen molar-refractivity contribution in [2.75, 3.05) is 0 Å². The van der Waals surface area contributed by atoms with Crippen LogP contribution in [-0.2, 0) is 4.79 Å². The molecule has 0 aliphatic heterocycles. The Morgan fingerprint density at radius 2 is 2.00 bits per heavy atom. The monoisotopic (exact) mass is 182 g/mol. The molecule has 2 heteroatoms. The lowest BCUT2D eigenvalue weighted by molar-refractivity contribution is -0.116. The molecular weight excluding hydrogens is 164 g/mol. The Labute approximate surface area is 79.6 Å². The van der Waals surface area contributed by atoms with Gasteiger partial charge in [0.15, 0.2) is 5.78 Å². The van der Waals surface area contributed by atoms with E-state index in [1.807, 2.05) is 33.8 Å². The number of carbonyl (C=O) groups excluding carboxylic acids is 1. The molecule has 0 radical (unpaired) electrons. The molecule has 0 saturated carbocycles. The van der Waals surface area contributed by atoms with Gasteiger partial charge in [0.1, 0.15) is 0 Å². The van der Waals surface area contributed by atoms with Crippen LogP contribution in [0.5, 0.6) is 0 Å². The van der Waals surface area contributed by atoms with Gasteiger partial charge in [0, 0.05) is 12.0 Å². The standard InChI is InChI=1S/C11H18O2/c1-7(2)10(13)8-5-11(3,4)6-9(8)12/h5,7,10,13H,6H2,1-4H3. The molecule has 0 fully saturated rings. The van der Waals surface area contributed by atoms with Gasteiger partial charge < -0.3 is 5.11 Å². The van der Waals surface area contributed by atoms with Crippen molar-refractivity contribution in [1.82, 2.24) is 0 Å². The molecule has 0 heterocycles. The molecule has 1 N–H and O–H groups in total. The summed E-state index contributed by atoms with van der Waals surface area (Å²) in [6.07, 6.45) is 1.86. The number of hydrogen-bond acceptors (Lipinski definition) is 2. The van der Waals surface area contributed by atoms with E-state index in [1.165, 1.54) is 0 Å². The maximum absolute atomic E-state index is 11.5. The number of carbonyl (C=O) groups is 1. The SMILES string of the molecule is CC(C)C(O)C1=CC(C)(C)CC1=O. The molecule has 2 nitrogen and oxygen atoms in total. The second-order valence-corrected chi connectivity index (χ2v) is 4.88. The van der Waals surface area contributed by atoms with Crippen molar-refractivity contribution in [2.45, 2.75) is 40.2 Å². The molecule has 1 rings (SSSR count). The first-order valence-corrected chi connectivity index (χ1v) is 4.77. The number of ketones is 1. The molecule has 1 unspecified atom stereocenters. The molecule has 0 aromatic heterocycles. The van der Waals surface area contributed by atoms with Crippen molar-refractivity contribution in [3.05, 3.63) is 11.6 Å². The molecule has 0 aromatic carbocycles. The number of rotatable bonds is 2. The maximum Gasteiger partial charge on any atom is 0.162 e. The number of allylic oxidation sites excluding steroid dienone is 1. The van der Waals surface area contributed by atoms with Crippen LogP contribution in [-0.4, -0.2) is 17.0 Å². The Hall–Kier alpha value is -0.630. The van der Waals surface area contributed by atoms with Gasteiger partial charge in [-0.3, -0.25) is 4.79 Å². The lowest BCUT2D eigenvalue weighted by atomic mass is 9.93. The quantitative estimate of drug-likeness (QED) is 0.708. The van der Waals surface area contributed by atoms with Crippen LogP contribution in [0.1, 0.15) is 34.1 Å². The predicted molar refractivity (Wildman–Crippen MR) is 52.3 cm³/mol. The summed E-state index contributed by atoms with van der Waals surface area (Å²) in [4.78, 5) is 11.5. The molecule has 1 aliphatic rings. The molecule has 74 valence electrons. The third kappa shape index (κ3) is 2.19. The van der Waals surface area contributed by atoms with E-state index >= 15 is 0 Å². The van der Waals surface area contributed by atoms with Crippen molar-refractivity contribution in [3.8, 4) is 0 Å². The summed E-state index contributed by atoms with van der Waals surface area (Å²) in [5.74, 6) is 0.218. The van der Waals surface area contributed by atoms with Gasteiger partial charge in [0.2, 0.25) is 0 Å². The van der Waals surface area contributed by atoms with Crippen molar-refractivity contribution >= 4 is 5.78 Å². The normalized spacial score (nSPS) is 23.5. The van der Waals surface area contributed by atoms with Crippen LogP contribution in [0.2, 0.25) is 0 Å². The highest BCUT2D eigenvalue weighted by atomic mass is 16.3. The van der Waals surface area contributed by atoms with Crippen LogP contribution in [0.3, 0.4) is 0 Å². The summed E-state index contributed by atoms with van der Waals surface area (Å²) < 4.78 is 0. The van der Waals surface area contributed by atoms with Crippen molar-refractivity contribution < 1.29 is 9.90 Å². The van der Waals surface area contributed by atoms with Gasteiger partial charge in [-0.1, -0.05) is 33.8 Å². The zero-order valence-corrected chi connectivity index (χ0v) is 8.79. The highest BCUT2D eigenvalue weighted by Crippen LogP contribution is 2.35. The number of aliphatic hydroxyl groups excluding tert-OH is 1. The molecule has 0 spiro atoms. The van der Waals surface area contributed by atoms with E-state index in [0.29, 0.717) is 12.0 Å². The second kappa shape index (κ2) is 3.26. The largest absolute Gasteiger partial charge is 0.388 e. The van der Waals surface area contributed by atoms with E-state index in [9.17, 15) is 9.90 Å². The zero-order chi connectivity index (χ0) is 10.2. The van der Waals surface area contributed by atoms with Gasteiger partial charge in [-0.25, -0.2) is 0 Å². The van der Waals surface area contributed by atoms with E-state index in [0.717, 1.165) is 0 Å². The molecular formula is C11H18O2. The van der Waals surface area contributed by atoms with Gasteiger partial charge >= 0.3 is 0 Å². The van der Waals surface area contributed by atoms with E-state index in [-0.39, 0.29) is 17.1 Å². The first-order valence-electron chi connectivity index (χ1n) is 4.77. The van der Waals surface area contributed by atoms with Gasteiger partial charge in [0.05, 0.1) is 6.10 Å². The van der Waals surface area contributed by atoms with Gasteiger partial charge in [-0.15, -0.1) is 0 Å². The fourth-order valence-corrected chi connectivity index (χ4v) is 1.68. The average Bonchev–Trinajstić information content (AvgIpc) is 2.22. The van der Waals surface area contributed by atoms with Crippen LogP contribution in [0.4, 0.5) is 0 Å². The highest BCUT2D eigenvalue weighted by Gasteiger charge is 2.34. The lowest BCUT2D eigenvalue weighted by Crippen LogP contribution is -2.20. The summed E-state index contributed by atoms with van der Waals surface area (Å²) in [5.41, 5.74) is 0.544. The predicted octanol–water partition coefficient (Wildman–Crippen LogP) is 1.93. The average molecular weight is 182 g/mol. The molecule has 0 amide bonds. The van der Waals surface area contributed by atoms with E-state index < -0.39 is 6.10 Å². The Bertz CT molecular complexity index is 249. The minimum atomic E-state index is -0.589. The Balaban J connectivity index is 2.87. The fraction of sp³-hybridized carbons (Fsp3) is 0.727. The second-order valence-electron chi connectivity index (χ2n) is 4.88. The summed E-state index contributed by atoms with van der Waals surface area (Å²) in [7, 11) is 0. The maximum atomic E-state index is 11.5. The molecule has 0 bridgehead atoms. The van der Waals surface area contributed by atoms with Gasteiger partial charge in [-0.05, 0) is 11.3 Å². The fourth-order valence-electron chi connectivity index (χ4n) is 1.68. The first kappa shape index (κ1) is 10.5. The summed E-state index contributed by atoms with van der Waals surface area (Å²) in [5, 5.41) is 9.74. The van der Waals surface area contributed by atoms with Crippen LogP contribution >= 0.6 is 0 Å². The number of Topliss-reactive ketones (excluding diaryl/α,β-unsaturated/α-hetero) is 1. The topological polar surface area (TPSA) is 37.3 Å². The van der Waals surface area contributed by atoms with Crippen LogP contribution in [0.15, 0.2) is 11.6 Å². The lowest BCUT2D eigenvalue weighted by Gasteiger charge is -2.14. The van der Waals surface area contributed by atoms with Crippen molar-refractivity contribution in [1.29, 1.82) is 0 Å². The van der Waals surface area contributed by atoms with Gasteiger partial charge in [0.25, 0.3) is 0 Å². The summed E-state index contributed by atoms with van der Waals surface area (Å²) in [6, 6.07) is 0. The Morgan fingerprint density at radius 3 is 2.31 bits per heavy atom. The number of aliphatic hydroxyl groups is 1. The van der Waals surface area contributed by atoms with E-state index in [4.69, 9.17) is 0 Å². The van der Waals surface area contributed by atoms with E-state index in [1.54, 1.807) is 0 Å². The minimum Gasteiger partial charge on any atom is -0.388 e. The van der Waals surface area contributed by atoms with Gasteiger partial charge in [-0.2, -0.15) is 0 Å². The third-order valence-electron chi connectivity index (χ3n) is 2.43. The summed E-state index contributed by atoms with van der Waals surface area (Å²) in [6.45, 7) is 7.88. The highest BCUT2D eigenvalue weighted by molar-refractivity contribution is 5.99. The molecule has 0 aromatic rings. The van der Waals surface area contributed by atoms with E-state index in [2.05, 4.69) is 0 Å². The van der Waals surface area contributed by atoms with Crippen LogP contribution in [0, 0.1) is 11.3 Å². The molecule has 0 saturated heterocycles. The summed E-state index contributed by atoms with van der Waals surface area (Å²) >= 11 is 0.